The maximum atomic E-state index is 13.3. The Kier molecular flexibility index (Phi) is 4.53. The zero-order valence-corrected chi connectivity index (χ0v) is 12.2. The van der Waals surface area contributed by atoms with E-state index in [-0.39, 0.29) is 16.8 Å². The fourth-order valence-electron chi connectivity index (χ4n) is 1.89. The molecule has 0 aromatic heterocycles. The van der Waals surface area contributed by atoms with Gasteiger partial charge >= 0.3 is 6.18 Å². The average molecular weight is 355 g/mol. The van der Waals surface area contributed by atoms with Gasteiger partial charge in [-0.2, -0.15) is 18.4 Å². The van der Waals surface area contributed by atoms with Crippen molar-refractivity contribution in [1.29, 1.82) is 5.26 Å². The quantitative estimate of drug-likeness (QED) is 0.838. The summed E-state index contributed by atoms with van der Waals surface area (Å²) < 4.78 is 40.4. The fraction of sp³-hybridized carbons (Fsp3) is 0.133. The van der Waals surface area contributed by atoms with Gasteiger partial charge < -0.3 is 5.32 Å². The van der Waals surface area contributed by atoms with Crippen LogP contribution in [0.15, 0.2) is 53.0 Å². The normalized spacial score (nSPS) is 12.5. The van der Waals surface area contributed by atoms with E-state index in [1.165, 1.54) is 24.3 Å². The molecule has 0 bridgehead atoms. The Morgan fingerprint density at radius 1 is 1.10 bits per heavy atom. The van der Waals surface area contributed by atoms with Crippen molar-refractivity contribution >= 4 is 21.6 Å². The zero-order valence-electron chi connectivity index (χ0n) is 10.7. The van der Waals surface area contributed by atoms with E-state index in [1.54, 1.807) is 24.3 Å². The highest BCUT2D eigenvalue weighted by atomic mass is 79.9. The van der Waals surface area contributed by atoms with E-state index in [0.29, 0.717) is 4.47 Å². The molecule has 0 spiro atoms. The molecule has 0 saturated heterocycles. The maximum absolute atomic E-state index is 13.3. The van der Waals surface area contributed by atoms with Crippen LogP contribution in [0, 0.1) is 11.3 Å². The number of anilines is 1. The highest BCUT2D eigenvalue weighted by Gasteiger charge is 2.41. The summed E-state index contributed by atoms with van der Waals surface area (Å²) in [4.78, 5) is 0. The lowest BCUT2D eigenvalue weighted by Crippen LogP contribution is -2.28. The second-order valence-corrected chi connectivity index (χ2v) is 5.25. The van der Waals surface area contributed by atoms with Crippen molar-refractivity contribution in [3.8, 4) is 6.07 Å². The van der Waals surface area contributed by atoms with E-state index in [0.717, 1.165) is 0 Å². The summed E-state index contributed by atoms with van der Waals surface area (Å²) in [7, 11) is 0. The number of hydrogen-bond donors (Lipinski definition) is 1. The summed E-state index contributed by atoms with van der Waals surface area (Å²) in [5, 5.41) is 11.4. The molecule has 1 atom stereocenters. The van der Waals surface area contributed by atoms with Crippen molar-refractivity contribution in [2.45, 2.75) is 12.2 Å². The Morgan fingerprint density at radius 3 is 2.33 bits per heavy atom. The van der Waals surface area contributed by atoms with E-state index in [2.05, 4.69) is 21.2 Å². The summed E-state index contributed by atoms with van der Waals surface area (Å²) >= 11 is 3.19. The molecule has 0 heterocycles. The number of alkyl halides is 3. The summed E-state index contributed by atoms with van der Waals surface area (Å²) in [5.41, 5.74) is 0.385. The first-order chi connectivity index (χ1) is 9.91. The third kappa shape index (κ3) is 3.76. The average Bonchev–Trinajstić information content (AvgIpc) is 2.44. The maximum Gasteiger partial charge on any atom is 0.412 e. The Morgan fingerprint density at radius 2 is 1.76 bits per heavy atom. The van der Waals surface area contributed by atoms with E-state index in [4.69, 9.17) is 5.26 Å². The van der Waals surface area contributed by atoms with Gasteiger partial charge in [0.15, 0.2) is 0 Å². The number of nitrogens with one attached hydrogen (secondary N) is 1. The Bertz CT molecular complexity index is 663. The second kappa shape index (κ2) is 6.19. The molecule has 1 N–H and O–H groups in total. The van der Waals surface area contributed by atoms with E-state index >= 15 is 0 Å². The number of rotatable bonds is 3. The number of nitrogens with zero attached hydrogens (tertiary/aromatic N) is 1. The van der Waals surface area contributed by atoms with Gasteiger partial charge in [-0.3, -0.25) is 0 Å². The standard InChI is InChI=1S/C15H10BrF3N2/c16-12-7-6-11(9-20)13(8-12)21-14(15(17,18)19)10-4-2-1-3-5-10/h1-8,14,21H. The second-order valence-electron chi connectivity index (χ2n) is 4.33. The molecule has 1 unspecified atom stereocenters. The van der Waals surface area contributed by atoms with Crippen LogP contribution in [0.4, 0.5) is 18.9 Å². The zero-order chi connectivity index (χ0) is 15.5. The molecule has 0 aliphatic carbocycles. The molecule has 2 aromatic rings. The number of hydrogen-bond acceptors (Lipinski definition) is 2. The van der Waals surface area contributed by atoms with Gasteiger partial charge in [-0.05, 0) is 23.8 Å². The first-order valence-electron chi connectivity index (χ1n) is 5.99. The van der Waals surface area contributed by atoms with Crippen molar-refractivity contribution in [2.75, 3.05) is 5.32 Å². The number of halogens is 4. The van der Waals surface area contributed by atoms with Crippen LogP contribution < -0.4 is 5.32 Å². The largest absolute Gasteiger partial charge is 0.412 e. The van der Waals surface area contributed by atoms with Crippen LogP contribution in [-0.4, -0.2) is 6.18 Å². The van der Waals surface area contributed by atoms with Gasteiger partial charge in [0.1, 0.15) is 12.1 Å². The Balaban J connectivity index is 2.42. The lowest BCUT2D eigenvalue weighted by atomic mass is 10.1. The van der Waals surface area contributed by atoms with Crippen LogP contribution in [0.25, 0.3) is 0 Å². The SMILES string of the molecule is N#Cc1ccc(Br)cc1NC(c1ccccc1)C(F)(F)F. The van der Waals surface area contributed by atoms with Crippen molar-refractivity contribution in [1.82, 2.24) is 0 Å². The summed E-state index contributed by atoms with van der Waals surface area (Å²) in [6.45, 7) is 0. The minimum atomic E-state index is -4.48. The molecular formula is C15H10BrF3N2. The first-order valence-corrected chi connectivity index (χ1v) is 6.79. The van der Waals surface area contributed by atoms with Gasteiger partial charge in [-0.15, -0.1) is 0 Å². The van der Waals surface area contributed by atoms with Gasteiger partial charge in [0, 0.05) is 4.47 Å². The minimum Gasteiger partial charge on any atom is -0.369 e. The molecule has 0 fully saturated rings. The predicted octanol–water partition coefficient (Wildman–Crippen LogP) is 5.04. The van der Waals surface area contributed by atoms with Crippen molar-refractivity contribution < 1.29 is 13.2 Å². The molecular weight excluding hydrogens is 345 g/mol. The molecule has 0 aliphatic heterocycles. The third-order valence-electron chi connectivity index (χ3n) is 2.86. The van der Waals surface area contributed by atoms with Crippen LogP contribution in [0.1, 0.15) is 17.2 Å². The molecule has 0 aliphatic rings. The van der Waals surface area contributed by atoms with Gasteiger partial charge in [-0.1, -0.05) is 46.3 Å². The third-order valence-corrected chi connectivity index (χ3v) is 3.36. The number of nitriles is 1. The molecule has 0 saturated carbocycles. The monoisotopic (exact) mass is 354 g/mol. The molecule has 0 amide bonds. The Labute approximate surface area is 128 Å². The predicted molar refractivity (Wildman–Crippen MR) is 77.7 cm³/mol. The fourth-order valence-corrected chi connectivity index (χ4v) is 2.25. The minimum absolute atomic E-state index is 0.0915. The highest BCUT2D eigenvalue weighted by molar-refractivity contribution is 9.10. The summed E-state index contributed by atoms with van der Waals surface area (Å²) in [6.07, 6.45) is -4.48. The number of benzene rings is 2. The van der Waals surface area contributed by atoms with Gasteiger partial charge in [0.2, 0.25) is 0 Å². The van der Waals surface area contributed by atoms with Crippen molar-refractivity contribution in [3.63, 3.8) is 0 Å². The van der Waals surface area contributed by atoms with E-state index in [9.17, 15) is 13.2 Å². The Hall–Kier alpha value is -2.00. The molecule has 2 aromatic carbocycles. The van der Waals surface area contributed by atoms with Crippen LogP contribution in [0.3, 0.4) is 0 Å². The molecule has 2 nitrogen and oxygen atoms in total. The molecule has 108 valence electrons. The van der Waals surface area contributed by atoms with Crippen LogP contribution in [0.2, 0.25) is 0 Å². The highest BCUT2D eigenvalue weighted by Crippen LogP contribution is 2.36. The van der Waals surface area contributed by atoms with Crippen LogP contribution in [0.5, 0.6) is 0 Å². The van der Waals surface area contributed by atoms with Crippen LogP contribution >= 0.6 is 15.9 Å². The smallest absolute Gasteiger partial charge is 0.369 e. The van der Waals surface area contributed by atoms with Gasteiger partial charge in [-0.25, -0.2) is 0 Å². The summed E-state index contributed by atoms with van der Waals surface area (Å²) in [6, 6.07) is 12.1. The van der Waals surface area contributed by atoms with Crippen LogP contribution in [-0.2, 0) is 0 Å². The molecule has 21 heavy (non-hydrogen) atoms. The van der Waals surface area contributed by atoms with E-state index < -0.39 is 12.2 Å². The van der Waals surface area contributed by atoms with Crippen molar-refractivity contribution in [2.24, 2.45) is 0 Å². The van der Waals surface area contributed by atoms with Gasteiger partial charge in [0.25, 0.3) is 0 Å². The lowest BCUT2D eigenvalue weighted by molar-refractivity contribution is -0.144. The van der Waals surface area contributed by atoms with Gasteiger partial charge in [0.05, 0.1) is 11.3 Å². The lowest BCUT2D eigenvalue weighted by Gasteiger charge is -2.23. The topological polar surface area (TPSA) is 35.8 Å². The molecule has 2 rings (SSSR count). The molecule has 0 radical (unpaired) electrons. The first kappa shape index (κ1) is 15.4. The molecule has 6 heteroatoms. The summed E-state index contributed by atoms with van der Waals surface area (Å²) in [5.74, 6) is 0. The van der Waals surface area contributed by atoms with Crippen molar-refractivity contribution in [3.05, 3.63) is 64.1 Å². The van der Waals surface area contributed by atoms with E-state index in [1.807, 2.05) is 6.07 Å².